The molecule has 0 unspecified atom stereocenters. The highest BCUT2D eigenvalue weighted by atomic mass is 35.5. The lowest BCUT2D eigenvalue weighted by atomic mass is 10.0. The number of allylic oxidation sites excluding steroid dienone is 1. The van der Waals surface area contributed by atoms with Gasteiger partial charge in [0, 0.05) is 47.5 Å². The van der Waals surface area contributed by atoms with Gasteiger partial charge in [-0.2, -0.15) is 5.26 Å². The second-order valence-electron chi connectivity index (χ2n) is 8.64. The van der Waals surface area contributed by atoms with E-state index in [4.69, 9.17) is 38.9 Å². The summed E-state index contributed by atoms with van der Waals surface area (Å²) < 4.78 is 120. The molecular formula is C32H32ClN5O3. The van der Waals surface area contributed by atoms with Crippen molar-refractivity contribution in [2.45, 2.75) is 26.9 Å². The first-order valence-electron chi connectivity index (χ1n) is 18.5. The van der Waals surface area contributed by atoms with E-state index in [1.807, 2.05) is 0 Å². The van der Waals surface area contributed by atoms with Gasteiger partial charge in [-0.05, 0) is 70.2 Å². The Bertz CT molecular complexity index is 2260. The molecule has 0 aliphatic rings. The lowest BCUT2D eigenvalue weighted by Gasteiger charge is -2.16. The highest BCUT2D eigenvalue weighted by Crippen LogP contribution is 2.36. The van der Waals surface area contributed by atoms with Gasteiger partial charge in [-0.25, -0.2) is 0 Å². The van der Waals surface area contributed by atoms with Crippen LogP contribution in [0.3, 0.4) is 0 Å². The van der Waals surface area contributed by atoms with Gasteiger partial charge in [-0.3, -0.25) is 14.8 Å². The maximum absolute atomic E-state index is 13.3. The number of nitriles is 1. The van der Waals surface area contributed by atoms with E-state index in [9.17, 15) is 10.1 Å². The third-order valence-corrected chi connectivity index (χ3v) is 5.43. The highest BCUT2D eigenvalue weighted by Gasteiger charge is 2.16. The van der Waals surface area contributed by atoms with Crippen molar-refractivity contribution in [3.63, 3.8) is 0 Å². The average Bonchev–Trinajstić information content (AvgIpc) is 3.09. The Morgan fingerprint density at radius 3 is 2.83 bits per heavy atom. The Morgan fingerprint density at radius 2 is 2.07 bits per heavy atom. The van der Waals surface area contributed by atoms with Gasteiger partial charge in [-0.1, -0.05) is 23.7 Å². The Balaban J connectivity index is 1.95. The van der Waals surface area contributed by atoms with E-state index in [1.165, 1.54) is 6.92 Å². The first-order valence-corrected chi connectivity index (χ1v) is 12.4. The van der Waals surface area contributed by atoms with Crippen molar-refractivity contribution >= 4 is 39.7 Å². The fourth-order valence-corrected chi connectivity index (χ4v) is 3.61. The van der Waals surface area contributed by atoms with Gasteiger partial charge in [-0.15, -0.1) is 0 Å². The number of carbonyl (C=O) groups excluding carboxylic acids is 1. The second kappa shape index (κ2) is 13.8. The summed E-state index contributed by atoms with van der Waals surface area (Å²) in [5.41, 5.74) is -2.28. The summed E-state index contributed by atoms with van der Waals surface area (Å²) in [5.74, 6) is -2.05. The number of hydrogen-bond acceptors (Lipinski definition) is 8. The Kier molecular flexibility index (Phi) is 5.61. The molecule has 210 valence electrons. The minimum absolute atomic E-state index is 0.0678. The first-order chi connectivity index (χ1) is 25.0. The molecule has 0 atom stereocenters. The van der Waals surface area contributed by atoms with Crippen LogP contribution in [0.5, 0.6) is 11.5 Å². The smallest absolute Gasteiger partial charge is 0.159 e. The largest absolute Gasteiger partial charge is 0.494 e. The van der Waals surface area contributed by atoms with Gasteiger partial charge in [0.05, 0.1) is 51.9 Å². The molecule has 0 saturated carbocycles. The summed E-state index contributed by atoms with van der Waals surface area (Å²) in [7, 11) is 3.24. The number of benzene rings is 2. The van der Waals surface area contributed by atoms with E-state index in [0.29, 0.717) is 0 Å². The van der Waals surface area contributed by atoms with Crippen molar-refractivity contribution in [2.75, 3.05) is 32.5 Å². The molecule has 0 amide bonds. The highest BCUT2D eigenvalue weighted by molar-refractivity contribution is 6.32. The van der Waals surface area contributed by atoms with Crippen molar-refractivity contribution in [3.05, 3.63) is 94.2 Å². The molecule has 0 saturated heterocycles. The zero-order chi connectivity index (χ0) is 40.7. The number of nitrogens with zero attached hydrogens (tertiary/aromatic N) is 4. The zero-order valence-electron chi connectivity index (χ0n) is 35.5. The van der Waals surface area contributed by atoms with Gasteiger partial charge in [0.25, 0.3) is 0 Å². The fraction of sp³-hybridized carbons (Fsp3) is 0.250. The molecular weight excluding hydrogens is 538 g/mol. The van der Waals surface area contributed by atoms with Crippen LogP contribution < -0.4 is 14.8 Å². The van der Waals surface area contributed by atoms with Crippen LogP contribution in [0.4, 0.5) is 11.4 Å². The average molecular weight is 583 g/mol. The summed E-state index contributed by atoms with van der Waals surface area (Å²) in [6.45, 7) is -0.587. The van der Waals surface area contributed by atoms with Gasteiger partial charge < -0.3 is 19.7 Å². The quantitative estimate of drug-likeness (QED) is 0.191. The van der Waals surface area contributed by atoms with Crippen LogP contribution in [-0.2, 0) is 17.8 Å². The fourth-order valence-electron chi connectivity index (χ4n) is 3.41. The normalized spacial score (nSPS) is 16.5. The van der Waals surface area contributed by atoms with Gasteiger partial charge in [0.15, 0.2) is 5.78 Å². The molecule has 0 aliphatic heterocycles. The zero-order valence-corrected chi connectivity index (χ0v) is 23.3. The molecule has 41 heavy (non-hydrogen) atoms. The molecule has 0 radical (unpaired) electrons. The van der Waals surface area contributed by atoms with Crippen molar-refractivity contribution in [3.8, 4) is 17.6 Å². The van der Waals surface area contributed by atoms with Crippen LogP contribution >= 0.6 is 11.6 Å². The molecule has 0 spiro atoms. The van der Waals surface area contributed by atoms with E-state index in [-0.39, 0.29) is 35.4 Å². The number of halogens is 1. The van der Waals surface area contributed by atoms with E-state index in [2.05, 4.69) is 15.3 Å². The van der Waals surface area contributed by atoms with Crippen LogP contribution in [-0.4, -0.2) is 47.9 Å². The second-order valence-corrected chi connectivity index (χ2v) is 9.02. The van der Waals surface area contributed by atoms with E-state index in [0.717, 1.165) is 6.92 Å². The SMILES string of the molecule is [2H]/C(CN(C)C)=C(/[2H])C(=O)Cc1c(OC([2H])([2H])C)c([2H])c2nc([2H])c(C#N)c(Nc3c([2H])c([2H])c(OCc4nc(C)c([2H])c([2H])c4[2H])c(Cl)c3[2H])c2c1[2H]. The molecule has 2 aromatic heterocycles. The standard InChI is InChI=1S/C32H32ClN5O3/c1-5-40-31-17-29-27(15-22(31)14-26(39)10-7-13-38(3)4)32(23(18-34)19-35-29)37-24-11-12-30(28(33)16-24)41-20-25-9-6-8-21(2)36-25/h6-12,15-17,19H,5,13-14,20H2,1-4H3,(H,35,37)/b10-7+/i5D2,6D,7D,8D,9D,10D,11D,12D,15D,16D,17D,19D. The third kappa shape index (κ3) is 7.82. The Morgan fingerprint density at radius 1 is 1.24 bits per heavy atom. The van der Waals surface area contributed by atoms with Crippen LogP contribution in [0, 0.1) is 18.3 Å². The van der Waals surface area contributed by atoms with E-state index < -0.39 is 124 Å². The number of rotatable bonds is 12. The van der Waals surface area contributed by atoms with Gasteiger partial charge >= 0.3 is 0 Å². The minimum Gasteiger partial charge on any atom is -0.494 e. The topological polar surface area (TPSA) is 100 Å². The molecule has 4 aromatic rings. The molecule has 4 rings (SSSR count). The Hall–Kier alpha value is -4.45. The molecule has 2 heterocycles. The maximum Gasteiger partial charge on any atom is 0.159 e. The molecule has 0 fully saturated rings. The number of aryl methyl sites for hydroxylation is 1. The lowest BCUT2D eigenvalue weighted by molar-refractivity contribution is -0.114. The van der Waals surface area contributed by atoms with Crippen molar-refractivity contribution < 1.29 is 32.1 Å². The third-order valence-electron chi connectivity index (χ3n) is 5.17. The number of anilines is 2. The van der Waals surface area contributed by atoms with Gasteiger partial charge in [0.2, 0.25) is 0 Å². The summed E-state index contributed by atoms with van der Waals surface area (Å²) in [5, 5.41) is 11.9. The number of ketones is 1. The summed E-state index contributed by atoms with van der Waals surface area (Å²) in [6, 6.07) is -3.75. The number of aromatic nitrogens is 2. The monoisotopic (exact) mass is 582 g/mol. The predicted molar refractivity (Wildman–Crippen MR) is 162 cm³/mol. The number of ether oxygens (including phenoxy) is 2. The lowest BCUT2D eigenvalue weighted by Crippen LogP contribution is -2.11. The Labute approximate surface area is 263 Å². The number of pyridine rings is 2. The predicted octanol–water partition coefficient (Wildman–Crippen LogP) is 6.41. The number of nitrogens with one attached hydrogen (secondary N) is 1. The van der Waals surface area contributed by atoms with Crippen molar-refractivity contribution in [1.29, 1.82) is 5.26 Å². The molecule has 2 aromatic carbocycles. The molecule has 8 nitrogen and oxygen atoms in total. The number of likely N-dealkylation sites (N-methyl/N-ethyl adjacent to an activating group) is 1. The molecule has 1 N–H and O–H groups in total. The van der Waals surface area contributed by atoms with Crippen LogP contribution in [0.1, 0.15) is 47.3 Å². The maximum atomic E-state index is 13.3. The number of fused-ring (bicyclic) bond motifs is 1. The number of hydrogen-bond donors (Lipinski definition) is 1. The van der Waals surface area contributed by atoms with Crippen LogP contribution in [0.2, 0.25) is 5.02 Å². The minimum atomic E-state index is -2.46. The van der Waals surface area contributed by atoms with Crippen LogP contribution in [0.25, 0.3) is 10.9 Å². The van der Waals surface area contributed by atoms with Crippen LogP contribution in [0.15, 0.2) is 66.6 Å². The molecule has 9 heteroatoms. The summed E-state index contributed by atoms with van der Waals surface area (Å²) in [6.07, 6.45) is -1.56. The summed E-state index contributed by atoms with van der Waals surface area (Å²) in [4.78, 5) is 22.9. The van der Waals surface area contributed by atoms with Gasteiger partial charge in [0.1, 0.15) is 24.2 Å². The molecule has 0 aliphatic carbocycles. The molecule has 0 bridgehead atoms. The van der Waals surface area contributed by atoms with Crippen molar-refractivity contribution in [2.24, 2.45) is 0 Å². The summed E-state index contributed by atoms with van der Waals surface area (Å²) >= 11 is 6.47. The first kappa shape index (κ1) is 16.7. The number of carbonyl (C=O) groups is 1. The van der Waals surface area contributed by atoms with E-state index >= 15 is 0 Å². The van der Waals surface area contributed by atoms with Crippen molar-refractivity contribution in [1.82, 2.24) is 14.9 Å². The van der Waals surface area contributed by atoms with E-state index in [1.54, 1.807) is 25.1 Å².